The highest BCUT2D eigenvalue weighted by Crippen LogP contribution is 2.72. The van der Waals surface area contributed by atoms with E-state index in [1.165, 1.54) is 25.7 Å². The highest BCUT2D eigenvalue weighted by atomic mass is 16.5. The highest BCUT2D eigenvalue weighted by Gasteiger charge is 2.67. The number of carboxylic acids is 1. The maximum absolute atomic E-state index is 12.0. The predicted molar refractivity (Wildman–Crippen MR) is 149 cm³/mol. The Morgan fingerprint density at radius 2 is 1.74 bits per heavy atom. The van der Waals surface area contributed by atoms with Crippen LogP contribution in [-0.4, -0.2) is 40.1 Å². The van der Waals surface area contributed by atoms with E-state index < -0.39 is 5.97 Å². The zero-order valence-corrected chi connectivity index (χ0v) is 24.2. The number of hydrogen-bond acceptors (Lipinski definition) is 4. The van der Waals surface area contributed by atoms with E-state index in [0.717, 1.165) is 32.1 Å². The average molecular weight is 527 g/mol. The Labute approximate surface area is 229 Å². The van der Waals surface area contributed by atoms with Crippen LogP contribution in [0, 0.1) is 51.8 Å². The lowest BCUT2D eigenvalue weighted by Gasteiger charge is -2.65. The van der Waals surface area contributed by atoms with Gasteiger partial charge < -0.3 is 20.1 Å². The second kappa shape index (κ2) is 10.1. The predicted octanol–water partition coefficient (Wildman–Crippen LogP) is 6.81. The van der Waals surface area contributed by atoms with Crippen LogP contribution in [-0.2, 0) is 0 Å². The molecule has 0 aromatic heterocycles. The molecule has 4 aliphatic carbocycles. The van der Waals surface area contributed by atoms with Gasteiger partial charge in [-0.2, -0.15) is 0 Å². The molecule has 0 aliphatic heterocycles. The molecule has 4 fully saturated rings. The zero-order chi connectivity index (χ0) is 27.5. The van der Waals surface area contributed by atoms with Crippen molar-refractivity contribution in [2.45, 2.75) is 105 Å². The Bertz CT molecular complexity index is 1020. The lowest BCUT2D eigenvalue weighted by atomic mass is 9.40. The van der Waals surface area contributed by atoms with E-state index in [1.54, 1.807) is 18.2 Å². The standard InChI is InChI=1S/C33H50O5/c1-6-22-26-19-21(34)11-15-31(26,3)24-12-17-33(5)25(28(24)29(22)35)13-16-32(33,4)20(2)14-18-38-27-10-8-7-9-23(27)30(36)37/h7-10,20-22,24-26,28-29,34-35H,6,11-19H2,1-5H3,(H,36,37)/t20-,21-,22-,24+,25+,26+,28-,29-,31-,32-,33+/m1/s1. The molecule has 1 aromatic carbocycles. The summed E-state index contributed by atoms with van der Waals surface area (Å²) in [6, 6.07) is 6.90. The van der Waals surface area contributed by atoms with E-state index >= 15 is 0 Å². The van der Waals surface area contributed by atoms with Gasteiger partial charge in [-0.1, -0.05) is 53.2 Å². The van der Waals surface area contributed by atoms with Gasteiger partial charge in [-0.25, -0.2) is 4.79 Å². The normalized spacial score (nSPS) is 45.0. The number of aromatic carboxylic acids is 1. The van der Waals surface area contributed by atoms with Gasteiger partial charge in [0, 0.05) is 0 Å². The van der Waals surface area contributed by atoms with Crippen molar-refractivity contribution in [1.29, 1.82) is 0 Å². The van der Waals surface area contributed by atoms with Gasteiger partial charge in [-0.15, -0.1) is 0 Å². The zero-order valence-electron chi connectivity index (χ0n) is 24.2. The van der Waals surface area contributed by atoms with Gasteiger partial charge in [-0.3, -0.25) is 0 Å². The molecule has 5 rings (SSSR count). The number of carboxylic acid groups (broad SMARTS) is 1. The molecule has 0 bridgehead atoms. The van der Waals surface area contributed by atoms with Crippen molar-refractivity contribution in [2.75, 3.05) is 6.61 Å². The van der Waals surface area contributed by atoms with Crippen molar-refractivity contribution in [3.8, 4) is 5.75 Å². The molecule has 3 N–H and O–H groups in total. The van der Waals surface area contributed by atoms with Gasteiger partial charge in [0.25, 0.3) is 0 Å². The van der Waals surface area contributed by atoms with Gasteiger partial charge in [0.1, 0.15) is 11.3 Å². The second-order valence-corrected chi connectivity index (χ2v) is 14.1. The maximum Gasteiger partial charge on any atom is 0.339 e. The molecule has 0 radical (unpaired) electrons. The summed E-state index contributed by atoms with van der Waals surface area (Å²) in [5, 5.41) is 32.0. The minimum absolute atomic E-state index is 0.153. The molecule has 4 saturated carbocycles. The van der Waals surface area contributed by atoms with E-state index in [2.05, 4.69) is 34.6 Å². The fraction of sp³-hybridized carbons (Fsp3) is 0.788. The first-order valence-electron chi connectivity index (χ1n) is 15.3. The number of para-hydroxylation sites is 1. The van der Waals surface area contributed by atoms with Crippen molar-refractivity contribution < 1.29 is 24.9 Å². The summed E-state index contributed by atoms with van der Waals surface area (Å²) in [5.74, 6) is 2.05. The largest absolute Gasteiger partial charge is 0.493 e. The van der Waals surface area contributed by atoms with Crippen LogP contribution in [0.2, 0.25) is 0 Å². The third-order valence-electron chi connectivity index (χ3n) is 13.1. The molecule has 4 aliphatic rings. The highest BCUT2D eigenvalue weighted by molar-refractivity contribution is 5.90. The Morgan fingerprint density at radius 1 is 1.03 bits per heavy atom. The second-order valence-electron chi connectivity index (χ2n) is 14.1. The van der Waals surface area contributed by atoms with E-state index in [1.807, 2.05) is 6.07 Å². The molecule has 1 aromatic rings. The molecule has 5 nitrogen and oxygen atoms in total. The number of aliphatic hydroxyl groups excluding tert-OH is 2. The Morgan fingerprint density at radius 3 is 2.45 bits per heavy atom. The number of benzene rings is 1. The Balaban J connectivity index is 1.34. The average Bonchev–Trinajstić information content (AvgIpc) is 3.17. The van der Waals surface area contributed by atoms with Gasteiger partial charge in [0.05, 0.1) is 18.8 Å². The molecule has 0 saturated heterocycles. The number of ether oxygens (including phenoxy) is 1. The summed E-state index contributed by atoms with van der Waals surface area (Å²) in [6.07, 6.45) is 8.99. The van der Waals surface area contributed by atoms with Crippen LogP contribution in [0.1, 0.15) is 103 Å². The molecular weight excluding hydrogens is 476 g/mol. The molecule has 0 heterocycles. The number of rotatable bonds is 7. The van der Waals surface area contributed by atoms with Crippen LogP contribution in [0.5, 0.6) is 5.75 Å². The van der Waals surface area contributed by atoms with Gasteiger partial charge in [-0.05, 0) is 115 Å². The monoisotopic (exact) mass is 526 g/mol. The summed E-state index contributed by atoms with van der Waals surface area (Å²) in [6.45, 7) is 12.6. The molecule has 38 heavy (non-hydrogen) atoms. The topological polar surface area (TPSA) is 87.0 Å². The quantitative estimate of drug-likeness (QED) is 0.363. The summed E-state index contributed by atoms with van der Waals surface area (Å²) in [7, 11) is 0. The fourth-order valence-electron chi connectivity index (χ4n) is 10.5. The SMILES string of the molecule is CC[C@H]1[C@@H](O)[C@@H]2[C@H](CC[C@@]3(C)[C@H]2CC[C@]3(C)[C@H](C)CCOc2ccccc2C(=O)O)[C@@]2(C)CC[C@@H](O)C[C@@H]12. The number of hydrogen-bond donors (Lipinski definition) is 3. The first-order valence-corrected chi connectivity index (χ1v) is 15.3. The molecule has 5 heteroatoms. The Kier molecular flexibility index (Phi) is 7.44. The van der Waals surface area contributed by atoms with Crippen LogP contribution >= 0.6 is 0 Å². The number of aliphatic hydroxyl groups is 2. The van der Waals surface area contributed by atoms with Gasteiger partial charge in [0.15, 0.2) is 0 Å². The molecule has 0 spiro atoms. The lowest BCUT2D eigenvalue weighted by molar-refractivity contribution is -0.209. The van der Waals surface area contributed by atoms with Crippen LogP contribution in [0.25, 0.3) is 0 Å². The van der Waals surface area contributed by atoms with Crippen LogP contribution in [0.4, 0.5) is 0 Å². The number of carbonyl (C=O) groups is 1. The summed E-state index contributed by atoms with van der Waals surface area (Å²) in [5.41, 5.74) is 0.765. The van der Waals surface area contributed by atoms with Crippen LogP contribution < -0.4 is 4.74 Å². The van der Waals surface area contributed by atoms with Gasteiger partial charge in [0.2, 0.25) is 0 Å². The van der Waals surface area contributed by atoms with Crippen molar-refractivity contribution in [1.82, 2.24) is 0 Å². The van der Waals surface area contributed by atoms with Crippen molar-refractivity contribution >= 4 is 5.97 Å². The summed E-state index contributed by atoms with van der Waals surface area (Å²) in [4.78, 5) is 11.6. The lowest BCUT2D eigenvalue weighted by Crippen LogP contribution is -2.62. The summed E-state index contributed by atoms with van der Waals surface area (Å²) < 4.78 is 6.01. The van der Waals surface area contributed by atoms with Gasteiger partial charge >= 0.3 is 5.97 Å². The molecule has 212 valence electrons. The third kappa shape index (κ3) is 4.13. The molecular formula is C33H50O5. The maximum atomic E-state index is 12.0. The van der Waals surface area contributed by atoms with E-state index in [4.69, 9.17) is 4.74 Å². The molecule has 11 atom stereocenters. The Hall–Kier alpha value is -1.59. The van der Waals surface area contributed by atoms with E-state index in [-0.39, 0.29) is 39.9 Å². The first-order chi connectivity index (χ1) is 18.0. The summed E-state index contributed by atoms with van der Waals surface area (Å²) >= 11 is 0. The first kappa shape index (κ1) is 28.0. The molecule has 0 unspecified atom stereocenters. The van der Waals surface area contributed by atoms with Crippen LogP contribution in [0.15, 0.2) is 24.3 Å². The minimum Gasteiger partial charge on any atom is -0.493 e. The van der Waals surface area contributed by atoms with E-state index in [0.29, 0.717) is 41.9 Å². The van der Waals surface area contributed by atoms with Crippen molar-refractivity contribution in [2.24, 2.45) is 51.8 Å². The van der Waals surface area contributed by atoms with Crippen LogP contribution in [0.3, 0.4) is 0 Å². The molecule has 0 amide bonds. The third-order valence-corrected chi connectivity index (χ3v) is 13.1. The number of fused-ring (bicyclic) bond motifs is 5. The minimum atomic E-state index is -0.955. The van der Waals surface area contributed by atoms with Crippen molar-refractivity contribution in [3.63, 3.8) is 0 Å². The van der Waals surface area contributed by atoms with E-state index in [9.17, 15) is 20.1 Å². The smallest absolute Gasteiger partial charge is 0.339 e. The van der Waals surface area contributed by atoms with Crippen molar-refractivity contribution in [3.05, 3.63) is 29.8 Å². The fourth-order valence-corrected chi connectivity index (χ4v) is 10.5.